The van der Waals surface area contributed by atoms with Crippen LogP contribution in [0.2, 0.25) is 0 Å². The average molecular weight is 545 g/mol. The van der Waals surface area contributed by atoms with Gasteiger partial charge >= 0.3 is 0 Å². The zero-order valence-electron chi connectivity index (χ0n) is 22.5. The van der Waals surface area contributed by atoms with Crippen molar-refractivity contribution in [1.82, 2.24) is 24.6 Å². The second-order valence-electron chi connectivity index (χ2n) is 10.2. The highest BCUT2D eigenvalue weighted by Crippen LogP contribution is 2.35. The Hall–Kier alpha value is -3.86. The Kier molecular flexibility index (Phi) is 7.46. The van der Waals surface area contributed by atoms with Crippen molar-refractivity contribution in [3.8, 4) is 11.3 Å². The number of carbonyl (C=O) groups excluding carboxylic acids is 1. The van der Waals surface area contributed by atoms with Crippen molar-refractivity contribution in [2.75, 3.05) is 31.7 Å². The molecule has 2 aliphatic rings. The van der Waals surface area contributed by atoms with Gasteiger partial charge in [0.15, 0.2) is 0 Å². The Morgan fingerprint density at radius 2 is 2.15 bits per heavy atom. The number of benzene rings is 1. The van der Waals surface area contributed by atoms with E-state index in [2.05, 4.69) is 26.6 Å². The zero-order valence-corrected chi connectivity index (χ0v) is 22.5. The van der Waals surface area contributed by atoms with Gasteiger partial charge < -0.3 is 20.5 Å². The molecule has 1 aromatic carbocycles. The number of anilines is 2. The first-order valence-corrected chi connectivity index (χ1v) is 13.8. The van der Waals surface area contributed by atoms with Gasteiger partial charge in [0.25, 0.3) is 5.91 Å². The fraction of sp³-hybridized carbons (Fsp3) is 0.367. The van der Waals surface area contributed by atoms with E-state index in [0.717, 1.165) is 53.9 Å². The molecule has 3 N–H and O–H groups in total. The second-order valence-corrected chi connectivity index (χ2v) is 10.2. The van der Waals surface area contributed by atoms with Crippen LogP contribution in [0.25, 0.3) is 16.9 Å². The SMILES string of the molecule is CCOCCc1ccc(Nc2ccc(-c3cnc4cc(F)ccn34)c3c2C(=O)NC3)nc1CN1CCC[C@@H]1CO. The number of hydrogen-bond donors (Lipinski definition) is 3. The summed E-state index contributed by atoms with van der Waals surface area (Å²) in [6.45, 7) is 5.37. The lowest BCUT2D eigenvalue weighted by Gasteiger charge is -2.24. The molecule has 1 fully saturated rings. The van der Waals surface area contributed by atoms with Crippen LogP contribution in [0.5, 0.6) is 0 Å². The van der Waals surface area contributed by atoms with E-state index in [0.29, 0.717) is 49.0 Å². The zero-order chi connectivity index (χ0) is 27.6. The lowest BCUT2D eigenvalue weighted by atomic mass is 9.99. The summed E-state index contributed by atoms with van der Waals surface area (Å²) < 4.78 is 21.1. The van der Waals surface area contributed by atoms with E-state index in [-0.39, 0.29) is 24.4 Å². The summed E-state index contributed by atoms with van der Waals surface area (Å²) in [6.07, 6.45) is 6.15. The summed E-state index contributed by atoms with van der Waals surface area (Å²) in [6, 6.07) is 10.8. The Morgan fingerprint density at radius 3 is 3.00 bits per heavy atom. The first kappa shape index (κ1) is 26.4. The van der Waals surface area contributed by atoms with Crippen LogP contribution in [-0.4, -0.2) is 62.7 Å². The van der Waals surface area contributed by atoms with Crippen LogP contribution >= 0.6 is 0 Å². The molecule has 5 heterocycles. The molecule has 1 saturated heterocycles. The van der Waals surface area contributed by atoms with Gasteiger partial charge in [-0.2, -0.15) is 0 Å². The molecule has 0 bridgehead atoms. The number of aliphatic hydroxyl groups is 1. The lowest BCUT2D eigenvalue weighted by Crippen LogP contribution is -2.32. The number of nitrogens with zero attached hydrogens (tertiary/aromatic N) is 4. The van der Waals surface area contributed by atoms with Crippen molar-refractivity contribution in [2.24, 2.45) is 0 Å². The predicted molar refractivity (Wildman–Crippen MR) is 150 cm³/mol. The molecule has 0 aliphatic carbocycles. The monoisotopic (exact) mass is 544 g/mol. The minimum Gasteiger partial charge on any atom is -0.395 e. The van der Waals surface area contributed by atoms with Crippen LogP contribution in [0, 0.1) is 5.82 Å². The van der Waals surface area contributed by atoms with Crippen molar-refractivity contribution in [3.05, 3.63) is 77.0 Å². The highest BCUT2D eigenvalue weighted by molar-refractivity contribution is 6.06. The Bertz CT molecular complexity index is 1550. The van der Waals surface area contributed by atoms with Crippen molar-refractivity contribution < 1.29 is 19.0 Å². The molecule has 2 aliphatic heterocycles. The third-order valence-corrected chi connectivity index (χ3v) is 7.83. The van der Waals surface area contributed by atoms with Crippen LogP contribution in [-0.2, 0) is 24.2 Å². The lowest BCUT2D eigenvalue weighted by molar-refractivity contribution is 0.0966. The minimum absolute atomic E-state index is 0.140. The minimum atomic E-state index is -0.348. The fourth-order valence-electron chi connectivity index (χ4n) is 5.78. The number of nitrogens with one attached hydrogen (secondary N) is 2. The number of likely N-dealkylation sites (tertiary alicyclic amines) is 1. The molecule has 6 rings (SSSR count). The summed E-state index contributed by atoms with van der Waals surface area (Å²) in [5.74, 6) is 0.143. The molecule has 40 heavy (non-hydrogen) atoms. The van der Waals surface area contributed by atoms with Crippen LogP contribution < -0.4 is 10.6 Å². The van der Waals surface area contributed by atoms with Crippen molar-refractivity contribution in [3.63, 3.8) is 0 Å². The molecule has 4 aromatic rings. The van der Waals surface area contributed by atoms with Crippen LogP contribution in [0.3, 0.4) is 0 Å². The Morgan fingerprint density at radius 1 is 1.25 bits per heavy atom. The van der Waals surface area contributed by atoms with E-state index in [1.54, 1.807) is 12.4 Å². The van der Waals surface area contributed by atoms with E-state index in [1.165, 1.54) is 12.1 Å². The molecule has 0 spiro atoms. The largest absolute Gasteiger partial charge is 0.395 e. The van der Waals surface area contributed by atoms with E-state index in [4.69, 9.17) is 9.72 Å². The summed E-state index contributed by atoms with van der Waals surface area (Å²) in [5.41, 5.74) is 6.32. The molecule has 1 atom stereocenters. The molecule has 0 saturated carbocycles. The second kappa shape index (κ2) is 11.3. The maximum Gasteiger partial charge on any atom is 0.254 e. The number of pyridine rings is 2. The van der Waals surface area contributed by atoms with Crippen LogP contribution in [0.1, 0.15) is 46.9 Å². The average Bonchev–Trinajstić information content (AvgIpc) is 3.69. The molecule has 10 heteroatoms. The van der Waals surface area contributed by atoms with E-state index in [9.17, 15) is 14.3 Å². The number of rotatable bonds is 10. The van der Waals surface area contributed by atoms with Crippen molar-refractivity contribution in [2.45, 2.75) is 45.3 Å². The Balaban J connectivity index is 1.33. The number of hydrogen-bond acceptors (Lipinski definition) is 7. The van der Waals surface area contributed by atoms with Gasteiger partial charge in [-0.1, -0.05) is 12.1 Å². The predicted octanol–water partition coefficient (Wildman–Crippen LogP) is 4.06. The van der Waals surface area contributed by atoms with Crippen molar-refractivity contribution >= 4 is 23.1 Å². The number of aliphatic hydroxyl groups excluding tert-OH is 1. The molecular weight excluding hydrogens is 511 g/mol. The molecular formula is C30H33FN6O3. The number of halogens is 1. The topological polar surface area (TPSA) is 104 Å². The molecule has 3 aromatic heterocycles. The van der Waals surface area contributed by atoms with E-state index >= 15 is 0 Å². The fourth-order valence-corrected chi connectivity index (χ4v) is 5.78. The highest BCUT2D eigenvalue weighted by Gasteiger charge is 2.28. The third-order valence-electron chi connectivity index (χ3n) is 7.83. The molecule has 9 nitrogen and oxygen atoms in total. The maximum absolute atomic E-state index is 13.7. The van der Waals surface area contributed by atoms with Gasteiger partial charge in [-0.15, -0.1) is 0 Å². The first-order chi connectivity index (χ1) is 19.6. The van der Waals surface area contributed by atoms with Crippen LogP contribution in [0.4, 0.5) is 15.9 Å². The van der Waals surface area contributed by atoms with Gasteiger partial charge in [-0.3, -0.25) is 14.1 Å². The summed E-state index contributed by atoms with van der Waals surface area (Å²) in [4.78, 5) is 24.6. The number of amides is 1. The van der Waals surface area contributed by atoms with Gasteiger partial charge in [-0.05, 0) is 62.1 Å². The molecule has 1 amide bonds. The quantitative estimate of drug-likeness (QED) is 0.259. The standard InChI is InChI=1S/C30H33FN6O3/c1-2-40-13-10-19-5-8-27(35-25(19)17-36-11-3-4-21(36)18-38)34-24-7-6-22(23-15-33-30(39)29(23)24)26-16-32-28-14-20(31)9-12-37(26)28/h5-9,12,14,16,21,38H,2-4,10-11,13,15,17-18H2,1H3,(H,33,39)(H,34,35)/t21-/m1/s1. The summed E-state index contributed by atoms with van der Waals surface area (Å²) in [5, 5.41) is 16.2. The maximum atomic E-state index is 13.7. The van der Waals surface area contributed by atoms with E-state index in [1.807, 2.05) is 29.5 Å². The van der Waals surface area contributed by atoms with Gasteiger partial charge in [0.1, 0.15) is 17.3 Å². The molecule has 0 radical (unpaired) electrons. The van der Waals surface area contributed by atoms with Gasteiger partial charge in [0.2, 0.25) is 0 Å². The molecule has 208 valence electrons. The first-order valence-electron chi connectivity index (χ1n) is 13.8. The van der Waals surface area contributed by atoms with Gasteiger partial charge in [-0.25, -0.2) is 14.4 Å². The van der Waals surface area contributed by atoms with Gasteiger partial charge in [0.05, 0.1) is 42.0 Å². The summed E-state index contributed by atoms with van der Waals surface area (Å²) in [7, 11) is 0. The number of aromatic nitrogens is 3. The Labute approximate surface area is 232 Å². The van der Waals surface area contributed by atoms with Gasteiger partial charge in [0, 0.05) is 43.6 Å². The number of fused-ring (bicyclic) bond motifs is 2. The highest BCUT2D eigenvalue weighted by atomic mass is 19.1. The smallest absolute Gasteiger partial charge is 0.254 e. The number of carbonyl (C=O) groups is 1. The summed E-state index contributed by atoms with van der Waals surface area (Å²) >= 11 is 0. The van der Waals surface area contributed by atoms with Crippen LogP contribution in [0.15, 0.2) is 48.8 Å². The van der Waals surface area contributed by atoms with Crippen molar-refractivity contribution in [1.29, 1.82) is 0 Å². The normalized spacial score (nSPS) is 17.0. The van der Waals surface area contributed by atoms with E-state index < -0.39 is 0 Å². The number of ether oxygens (including phenoxy) is 1. The molecule has 0 unspecified atom stereocenters. The number of imidazole rings is 1. The third kappa shape index (κ3) is 5.05.